The predicted molar refractivity (Wildman–Crippen MR) is 60.7 cm³/mol. The van der Waals surface area contributed by atoms with E-state index in [0.29, 0.717) is 11.7 Å². The maximum absolute atomic E-state index is 12.1. The van der Waals surface area contributed by atoms with Gasteiger partial charge in [-0.05, 0) is 47.0 Å². The molecule has 1 aromatic rings. The fraction of sp³-hybridized carbons (Fsp3) is 0.545. The molecule has 0 amide bonds. The molecule has 0 spiro atoms. The largest absolute Gasteiger partial charge is 0.294 e. The van der Waals surface area contributed by atoms with Gasteiger partial charge < -0.3 is 0 Å². The Morgan fingerprint density at radius 1 is 1.29 bits per heavy atom. The van der Waals surface area contributed by atoms with E-state index in [2.05, 4.69) is 15.9 Å². The summed E-state index contributed by atoms with van der Waals surface area (Å²) in [6, 6.07) is 0. The summed E-state index contributed by atoms with van der Waals surface area (Å²) in [6.07, 6.45) is 3.67. The Hall–Kier alpha value is -0.150. The fourth-order valence-electron chi connectivity index (χ4n) is 2.61. The summed E-state index contributed by atoms with van der Waals surface area (Å²) in [6.45, 7) is 0. The summed E-state index contributed by atoms with van der Waals surface area (Å²) in [4.78, 5) is 12.1. The first-order chi connectivity index (χ1) is 6.75. The SMILES string of the molecule is O=C(c1cscc1Br)C1CC2CC2C1. The van der Waals surface area contributed by atoms with Crippen LogP contribution in [0.1, 0.15) is 29.6 Å². The van der Waals surface area contributed by atoms with Crippen molar-refractivity contribution in [1.82, 2.24) is 0 Å². The third-order valence-electron chi connectivity index (χ3n) is 3.49. The van der Waals surface area contributed by atoms with Crippen molar-refractivity contribution in [2.24, 2.45) is 17.8 Å². The average Bonchev–Trinajstić information content (AvgIpc) is 2.64. The van der Waals surface area contributed by atoms with Gasteiger partial charge in [0.2, 0.25) is 0 Å². The van der Waals surface area contributed by atoms with Gasteiger partial charge in [0.1, 0.15) is 0 Å². The maximum atomic E-state index is 12.1. The number of ketones is 1. The molecule has 1 aromatic heterocycles. The Bertz CT molecular complexity index is 374. The van der Waals surface area contributed by atoms with E-state index in [1.165, 1.54) is 6.42 Å². The van der Waals surface area contributed by atoms with Gasteiger partial charge in [-0.25, -0.2) is 0 Å². The second-order valence-corrected chi connectivity index (χ2v) is 6.02. The molecule has 3 rings (SSSR count). The molecule has 2 fully saturated rings. The van der Waals surface area contributed by atoms with Crippen LogP contribution >= 0.6 is 27.3 Å². The van der Waals surface area contributed by atoms with Crippen molar-refractivity contribution in [3.63, 3.8) is 0 Å². The van der Waals surface area contributed by atoms with Crippen molar-refractivity contribution >= 4 is 33.0 Å². The molecular weight excluding hydrogens is 260 g/mol. The first-order valence-corrected chi connectivity index (χ1v) is 6.75. The van der Waals surface area contributed by atoms with Crippen LogP contribution in [0.25, 0.3) is 0 Å². The Morgan fingerprint density at radius 3 is 2.57 bits per heavy atom. The van der Waals surface area contributed by atoms with Gasteiger partial charge in [-0.15, -0.1) is 0 Å². The van der Waals surface area contributed by atoms with E-state index < -0.39 is 0 Å². The molecule has 1 nitrogen and oxygen atoms in total. The maximum Gasteiger partial charge on any atom is 0.167 e. The molecule has 2 atom stereocenters. The highest BCUT2D eigenvalue weighted by Gasteiger charge is 2.48. The van der Waals surface area contributed by atoms with Gasteiger partial charge in [0, 0.05) is 26.7 Å². The van der Waals surface area contributed by atoms with Crippen molar-refractivity contribution in [3.05, 3.63) is 20.8 Å². The van der Waals surface area contributed by atoms with Crippen LogP contribution in [0.3, 0.4) is 0 Å². The van der Waals surface area contributed by atoms with E-state index in [4.69, 9.17) is 0 Å². The third kappa shape index (κ3) is 1.38. The van der Waals surface area contributed by atoms with Gasteiger partial charge in [0.25, 0.3) is 0 Å². The minimum atomic E-state index is 0.324. The summed E-state index contributed by atoms with van der Waals surface area (Å²) in [5.41, 5.74) is 0.904. The summed E-state index contributed by atoms with van der Waals surface area (Å²) < 4.78 is 0.980. The molecule has 0 N–H and O–H groups in total. The van der Waals surface area contributed by atoms with Gasteiger partial charge in [-0.3, -0.25) is 4.79 Å². The molecule has 2 unspecified atom stereocenters. The van der Waals surface area contributed by atoms with Crippen LogP contribution in [-0.4, -0.2) is 5.78 Å². The molecular formula is C11H11BrOS. The summed E-state index contributed by atoms with van der Waals surface area (Å²) in [5.74, 6) is 2.47. The smallest absolute Gasteiger partial charge is 0.167 e. The summed E-state index contributed by atoms with van der Waals surface area (Å²) in [5, 5.41) is 3.96. The highest BCUT2D eigenvalue weighted by molar-refractivity contribution is 9.10. The number of carbonyl (C=O) groups excluding carboxylic acids is 1. The van der Waals surface area contributed by atoms with Crippen molar-refractivity contribution in [3.8, 4) is 0 Å². The zero-order chi connectivity index (χ0) is 9.71. The molecule has 3 heteroatoms. The second kappa shape index (κ2) is 3.17. The predicted octanol–water partition coefficient (Wildman–Crippen LogP) is 3.74. The van der Waals surface area contributed by atoms with Crippen molar-refractivity contribution in [1.29, 1.82) is 0 Å². The quantitative estimate of drug-likeness (QED) is 0.749. The van der Waals surface area contributed by atoms with E-state index >= 15 is 0 Å². The monoisotopic (exact) mass is 270 g/mol. The van der Waals surface area contributed by atoms with Crippen LogP contribution in [0.2, 0.25) is 0 Å². The van der Waals surface area contributed by atoms with Gasteiger partial charge in [0.15, 0.2) is 5.78 Å². The fourth-order valence-corrected chi connectivity index (χ4v) is 4.08. The van der Waals surface area contributed by atoms with Crippen LogP contribution in [-0.2, 0) is 0 Å². The summed E-state index contributed by atoms with van der Waals surface area (Å²) in [7, 11) is 0. The van der Waals surface area contributed by atoms with Crippen molar-refractivity contribution < 1.29 is 4.79 Å². The van der Waals surface area contributed by atoms with Crippen molar-refractivity contribution in [2.45, 2.75) is 19.3 Å². The minimum Gasteiger partial charge on any atom is -0.294 e. The Kier molecular flexibility index (Phi) is 2.06. The first kappa shape index (κ1) is 9.10. The normalized spacial score (nSPS) is 34.2. The molecule has 0 aliphatic heterocycles. The second-order valence-electron chi connectivity index (χ2n) is 4.42. The lowest BCUT2D eigenvalue weighted by Gasteiger charge is -2.09. The highest BCUT2D eigenvalue weighted by Crippen LogP contribution is 2.55. The molecule has 0 radical (unpaired) electrons. The van der Waals surface area contributed by atoms with E-state index in [1.54, 1.807) is 11.3 Å². The van der Waals surface area contributed by atoms with Crippen LogP contribution < -0.4 is 0 Å². The molecule has 0 saturated heterocycles. The van der Waals surface area contributed by atoms with Crippen LogP contribution in [0, 0.1) is 17.8 Å². The number of hydrogen-bond donors (Lipinski definition) is 0. The van der Waals surface area contributed by atoms with Crippen LogP contribution in [0.5, 0.6) is 0 Å². The summed E-state index contributed by atoms with van der Waals surface area (Å²) >= 11 is 5.03. The van der Waals surface area contributed by atoms with Gasteiger partial charge in [-0.2, -0.15) is 11.3 Å². The van der Waals surface area contributed by atoms with E-state index in [1.807, 2.05) is 10.8 Å². The molecule has 14 heavy (non-hydrogen) atoms. The number of thiophene rings is 1. The topological polar surface area (TPSA) is 17.1 Å². The molecule has 74 valence electrons. The molecule has 2 aliphatic rings. The lowest BCUT2D eigenvalue weighted by molar-refractivity contribution is 0.0914. The zero-order valence-electron chi connectivity index (χ0n) is 7.70. The highest BCUT2D eigenvalue weighted by atomic mass is 79.9. The standard InChI is InChI=1S/C11H11BrOS/c12-10-5-14-4-9(10)11(13)8-2-6-1-7(6)3-8/h4-8H,1-3H2. The van der Waals surface area contributed by atoms with E-state index in [-0.39, 0.29) is 0 Å². The first-order valence-electron chi connectivity index (χ1n) is 5.01. The number of carbonyl (C=O) groups is 1. The van der Waals surface area contributed by atoms with Crippen molar-refractivity contribution in [2.75, 3.05) is 0 Å². The lowest BCUT2D eigenvalue weighted by atomic mass is 9.95. The lowest BCUT2D eigenvalue weighted by Crippen LogP contribution is -2.12. The number of fused-ring (bicyclic) bond motifs is 1. The number of Topliss-reactive ketones (excluding diaryl/α,β-unsaturated/α-hetero) is 1. The van der Waals surface area contributed by atoms with E-state index in [9.17, 15) is 4.79 Å². The molecule has 0 aromatic carbocycles. The molecule has 2 aliphatic carbocycles. The van der Waals surface area contributed by atoms with Gasteiger partial charge in [0.05, 0.1) is 0 Å². The molecule has 0 bridgehead atoms. The van der Waals surface area contributed by atoms with Crippen LogP contribution in [0.4, 0.5) is 0 Å². The Balaban J connectivity index is 1.79. The number of rotatable bonds is 2. The zero-order valence-corrected chi connectivity index (χ0v) is 10.1. The molecule has 1 heterocycles. The Morgan fingerprint density at radius 2 is 2.00 bits per heavy atom. The third-order valence-corrected chi connectivity index (χ3v) is 5.20. The van der Waals surface area contributed by atoms with E-state index in [0.717, 1.165) is 34.7 Å². The minimum absolute atomic E-state index is 0.324. The average molecular weight is 271 g/mol. The van der Waals surface area contributed by atoms with Gasteiger partial charge >= 0.3 is 0 Å². The number of halogens is 1. The van der Waals surface area contributed by atoms with Crippen LogP contribution in [0.15, 0.2) is 15.2 Å². The van der Waals surface area contributed by atoms with Gasteiger partial charge in [-0.1, -0.05) is 0 Å². The number of hydrogen-bond acceptors (Lipinski definition) is 2. The molecule has 2 saturated carbocycles. The Labute approximate surface area is 95.6 Å².